The highest BCUT2D eigenvalue weighted by molar-refractivity contribution is 9.10. The van der Waals surface area contributed by atoms with Crippen molar-refractivity contribution < 1.29 is 19.0 Å². The highest BCUT2D eigenvalue weighted by atomic mass is 79.9. The van der Waals surface area contributed by atoms with E-state index in [1.165, 1.54) is 12.8 Å². The Kier molecular flexibility index (Phi) is 10.6. The van der Waals surface area contributed by atoms with Gasteiger partial charge in [0.25, 0.3) is 5.91 Å². The van der Waals surface area contributed by atoms with Crippen molar-refractivity contribution in [3.05, 3.63) is 76.8 Å². The minimum Gasteiger partial charge on any atom is -0.493 e. The fourth-order valence-electron chi connectivity index (χ4n) is 3.38. The summed E-state index contributed by atoms with van der Waals surface area (Å²) >= 11 is 3.52. The minimum atomic E-state index is -0.362. The van der Waals surface area contributed by atoms with E-state index >= 15 is 0 Å². The van der Waals surface area contributed by atoms with Crippen LogP contribution in [0.2, 0.25) is 0 Å². The molecule has 7 heteroatoms. The first-order chi connectivity index (χ1) is 17.1. The first-order valence-corrected chi connectivity index (χ1v) is 12.5. The van der Waals surface area contributed by atoms with E-state index in [1.54, 1.807) is 13.3 Å². The molecule has 6 nitrogen and oxygen atoms in total. The van der Waals surface area contributed by atoms with Crippen LogP contribution in [-0.4, -0.2) is 32.4 Å². The Morgan fingerprint density at radius 1 is 0.914 bits per heavy atom. The van der Waals surface area contributed by atoms with Crippen molar-refractivity contribution in [1.29, 1.82) is 0 Å². The molecule has 0 aliphatic heterocycles. The second-order valence-electron chi connectivity index (χ2n) is 7.91. The van der Waals surface area contributed by atoms with Crippen LogP contribution in [0.3, 0.4) is 0 Å². The van der Waals surface area contributed by atoms with Gasteiger partial charge in [-0.25, -0.2) is 5.43 Å². The zero-order valence-corrected chi connectivity index (χ0v) is 21.7. The maximum atomic E-state index is 12.2. The number of ether oxygens (including phenoxy) is 3. The van der Waals surface area contributed by atoms with Gasteiger partial charge in [-0.3, -0.25) is 4.79 Å². The van der Waals surface area contributed by atoms with E-state index < -0.39 is 0 Å². The quantitative estimate of drug-likeness (QED) is 0.151. The van der Waals surface area contributed by atoms with E-state index in [1.807, 2.05) is 66.7 Å². The van der Waals surface area contributed by atoms with Gasteiger partial charge in [0, 0.05) is 0 Å². The Bertz CT molecular complexity index is 1120. The summed E-state index contributed by atoms with van der Waals surface area (Å²) < 4.78 is 17.7. The monoisotopic (exact) mass is 538 g/mol. The van der Waals surface area contributed by atoms with Gasteiger partial charge in [0.05, 0.1) is 24.4 Å². The number of benzene rings is 3. The normalized spacial score (nSPS) is 10.8. The Morgan fingerprint density at radius 2 is 1.71 bits per heavy atom. The van der Waals surface area contributed by atoms with Crippen molar-refractivity contribution >= 4 is 28.1 Å². The van der Waals surface area contributed by atoms with E-state index in [9.17, 15) is 4.79 Å². The molecule has 0 atom stereocenters. The molecular weight excluding hydrogens is 508 g/mol. The minimum absolute atomic E-state index is 0.158. The fraction of sp³-hybridized carbons (Fsp3) is 0.286. The van der Waals surface area contributed by atoms with Crippen LogP contribution in [0.25, 0.3) is 11.1 Å². The van der Waals surface area contributed by atoms with E-state index in [2.05, 4.69) is 33.4 Å². The van der Waals surface area contributed by atoms with Crippen molar-refractivity contribution in [2.24, 2.45) is 5.10 Å². The van der Waals surface area contributed by atoms with Crippen molar-refractivity contribution in [2.45, 2.75) is 32.6 Å². The van der Waals surface area contributed by atoms with Crippen LogP contribution in [0.1, 0.15) is 38.2 Å². The molecule has 0 bridgehead atoms. The van der Waals surface area contributed by atoms with Crippen molar-refractivity contribution in [2.75, 3.05) is 20.3 Å². The second kappa shape index (κ2) is 14.2. The summed E-state index contributed by atoms with van der Waals surface area (Å²) in [6, 6.07) is 21.3. The third kappa shape index (κ3) is 8.44. The molecular formula is C28H31BrN2O4. The zero-order valence-electron chi connectivity index (χ0n) is 20.1. The lowest BCUT2D eigenvalue weighted by Crippen LogP contribution is -2.24. The first kappa shape index (κ1) is 26.3. The number of nitrogens with one attached hydrogen (secondary N) is 1. The third-order valence-corrected chi connectivity index (χ3v) is 5.86. The fourth-order valence-corrected chi connectivity index (χ4v) is 3.87. The molecule has 0 fully saturated rings. The van der Waals surface area contributed by atoms with Gasteiger partial charge in [0.1, 0.15) is 5.75 Å². The van der Waals surface area contributed by atoms with Gasteiger partial charge in [-0.05, 0) is 69.4 Å². The molecule has 3 rings (SSSR count). The number of carbonyl (C=O) groups is 1. The number of hydrazone groups is 1. The number of halogens is 1. The predicted octanol–water partition coefficient (Wildman–Crippen LogP) is 6.61. The molecule has 1 amide bonds. The number of hydrogen-bond acceptors (Lipinski definition) is 5. The average molecular weight is 539 g/mol. The van der Waals surface area contributed by atoms with E-state index in [-0.39, 0.29) is 12.5 Å². The lowest BCUT2D eigenvalue weighted by molar-refractivity contribution is -0.123. The van der Waals surface area contributed by atoms with Gasteiger partial charge in [-0.2, -0.15) is 5.10 Å². The molecule has 0 aromatic heterocycles. The Balaban J connectivity index is 1.48. The van der Waals surface area contributed by atoms with Crippen LogP contribution in [0.4, 0.5) is 0 Å². The SMILES string of the molecule is CCCCCCOc1ccc(/C=N/NC(=O)COc2ccc(-c3ccccc3)cc2Br)cc1OC. The van der Waals surface area contributed by atoms with Crippen LogP contribution in [-0.2, 0) is 4.79 Å². The first-order valence-electron chi connectivity index (χ1n) is 11.7. The largest absolute Gasteiger partial charge is 0.493 e. The number of hydrogen-bond donors (Lipinski definition) is 1. The molecule has 184 valence electrons. The molecule has 0 spiro atoms. The number of unbranched alkanes of at least 4 members (excludes halogenated alkanes) is 3. The maximum absolute atomic E-state index is 12.2. The molecule has 3 aromatic rings. The molecule has 0 heterocycles. The second-order valence-corrected chi connectivity index (χ2v) is 8.77. The average Bonchev–Trinajstić information content (AvgIpc) is 2.88. The molecule has 0 aliphatic rings. The van der Waals surface area contributed by atoms with Gasteiger partial charge >= 0.3 is 0 Å². The number of carbonyl (C=O) groups excluding carboxylic acids is 1. The summed E-state index contributed by atoms with van der Waals surface area (Å²) in [5, 5.41) is 4.02. The maximum Gasteiger partial charge on any atom is 0.277 e. The predicted molar refractivity (Wildman–Crippen MR) is 143 cm³/mol. The number of nitrogens with zero attached hydrogens (tertiary/aromatic N) is 1. The van der Waals surface area contributed by atoms with Gasteiger partial charge in [0.15, 0.2) is 18.1 Å². The van der Waals surface area contributed by atoms with Crippen LogP contribution >= 0.6 is 15.9 Å². The highest BCUT2D eigenvalue weighted by Crippen LogP contribution is 2.31. The van der Waals surface area contributed by atoms with E-state index in [0.717, 1.165) is 34.0 Å². The van der Waals surface area contributed by atoms with Gasteiger partial charge in [-0.1, -0.05) is 62.6 Å². The van der Waals surface area contributed by atoms with Crippen molar-refractivity contribution in [3.8, 4) is 28.4 Å². The molecule has 0 radical (unpaired) electrons. The Morgan fingerprint density at radius 3 is 2.46 bits per heavy atom. The summed E-state index contributed by atoms with van der Waals surface area (Å²) in [6.07, 6.45) is 6.13. The molecule has 3 aromatic carbocycles. The van der Waals surface area contributed by atoms with Gasteiger partial charge in [-0.15, -0.1) is 0 Å². The van der Waals surface area contributed by atoms with Gasteiger partial charge in [0.2, 0.25) is 0 Å². The summed E-state index contributed by atoms with van der Waals surface area (Å²) in [7, 11) is 1.60. The van der Waals surface area contributed by atoms with Crippen LogP contribution in [0.15, 0.2) is 76.3 Å². The molecule has 0 saturated heterocycles. The van der Waals surface area contributed by atoms with Crippen LogP contribution in [0, 0.1) is 0 Å². The topological polar surface area (TPSA) is 69.2 Å². The number of amides is 1. The van der Waals surface area contributed by atoms with Crippen molar-refractivity contribution in [1.82, 2.24) is 5.43 Å². The van der Waals surface area contributed by atoms with Crippen LogP contribution < -0.4 is 19.6 Å². The lowest BCUT2D eigenvalue weighted by Gasteiger charge is -2.11. The number of methoxy groups -OCH3 is 1. The van der Waals surface area contributed by atoms with Gasteiger partial charge < -0.3 is 14.2 Å². The van der Waals surface area contributed by atoms with E-state index in [4.69, 9.17) is 14.2 Å². The Hall–Kier alpha value is -3.32. The highest BCUT2D eigenvalue weighted by Gasteiger charge is 2.08. The van der Waals surface area contributed by atoms with E-state index in [0.29, 0.717) is 23.9 Å². The van der Waals surface area contributed by atoms with Crippen molar-refractivity contribution in [3.63, 3.8) is 0 Å². The summed E-state index contributed by atoms with van der Waals surface area (Å²) in [6.45, 7) is 2.68. The summed E-state index contributed by atoms with van der Waals surface area (Å²) in [5.41, 5.74) is 5.42. The summed E-state index contributed by atoms with van der Waals surface area (Å²) in [5.74, 6) is 1.54. The smallest absolute Gasteiger partial charge is 0.277 e. The molecule has 0 saturated carbocycles. The number of rotatable bonds is 13. The molecule has 35 heavy (non-hydrogen) atoms. The molecule has 1 N–H and O–H groups in total. The zero-order chi connectivity index (χ0) is 24.9. The third-order valence-electron chi connectivity index (χ3n) is 5.24. The van der Waals surface area contributed by atoms with Crippen LogP contribution in [0.5, 0.6) is 17.2 Å². The standard InChI is InChI=1S/C28H31BrN2O4/c1-3-4-5-9-16-34-26-14-12-21(17-27(26)33-2)19-30-31-28(32)20-35-25-15-13-23(18-24(25)29)22-10-7-6-8-11-22/h6-8,10-15,17-19H,3-5,9,16,20H2,1-2H3,(H,31,32)/b30-19+. The molecule has 0 aliphatic carbocycles. The lowest BCUT2D eigenvalue weighted by atomic mass is 10.1. The molecule has 0 unspecified atom stereocenters. The summed E-state index contributed by atoms with van der Waals surface area (Å²) in [4.78, 5) is 12.2. The Labute approximate surface area is 215 Å².